The molecular formula is C13H27N3S. The molecule has 17 heavy (non-hydrogen) atoms. The largest absolute Gasteiger partial charge is 0.392 e. The Morgan fingerprint density at radius 1 is 1.47 bits per heavy atom. The summed E-state index contributed by atoms with van der Waals surface area (Å²) in [6.45, 7) is 7.53. The number of hydrogen-bond acceptors (Lipinski definition) is 3. The van der Waals surface area contributed by atoms with Crippen LogP contribution < -0.4 is 5.73 Å². The number of likely N-dealkylation sites (tertiary alicyclic amines) is 1. The summed E-state index contributed by atoms with van der Waals surface area (Å²) in [5, 5.41) is 0. The molecule has 1 rings (SSSR count). The van der Waals surface area contributed by atoms with Crippen molar-refractivity contribution in [3.63, 3.8) is 0 Å². The van der Waals surface area contributed by atoms with Gasteiger partial charge >= 0.3 is 0 Å². The Morgan fingerprint density at radius 3 is 2.71 bits per heavy atom. The van der Waals surface area contributed by atoms with E-state index in [2.05, 4.69) is 30.7 Å². The van der Waals surface area contributed by atoms with Gasteiger partial charge in [-0.3, -0.25) is 4.90 Å². The van der Waals surface area contributed by atoms with Gasteiger partial charge < -0.3 is 10.6 Å². The molecule has 1 aliphatic heterocycles. The molecular weight excluding hydrogens is 230 g/mol. The van der Waals surface area contributed by atoms with E-state index < -0.39 is 0 Å². The molecule has 3 nitrogen and oxygen atoms in total. The Morgan fingerprint density at radius 2 is 2.18 bits per heavy atom. The fourth-order valence-electron chi connectivity index (χ4n) is 2.54. The van der Waals surface area contributed by atoms with Crippen LogP contribution in [0.2, 0.25) is 0 Å². The average Bonchev–Trinajstić information content (AvgIpc) is 2.25. The van der Waals surface area contributed by atoms with E-state index in [0.717, 1.165) is 19.1 Å². The lowest BCUT2D eigenvalue weighted by atomic mass is 10.00. The van der Waals surface area contributed by atoms with Gasteiger partial charge in [0.25, 0.3) is 0 Å². The smallest absolute Gasteiger partial charge is 0.0870 e. The summed E-state index contributed by atoms with van der Waals surface area (Å²) in [4.78, 5) is 5.49. The minimum Gasteiger partial charge on any atom is -0.392 e. The highest BCUT2D eigenvalue weighted by molar-refractivity contribution is 7.80. The molecule has 0 aromatic heterocycles. The minimum atomic E-state index is 0.519. The maximum absolute atomic E-state index is 5.65. The van der Waals surface area contributed by atoms with Crippen molar-refractivity contribution in [1.82, 2.24) is 9.80 Å². The Balaban J connectivity index is 2.37. The predicted molar refractivity (Wildman–Crippen MR) is 78.4 cm³/mol. The molecule has 0 bridgehead atoms. The van der Waals surface area contributed by atoms with E-state index in [1.54, 1.807) is 0 Å². The van der Waals surface area contributed by atoms with Gasteiger partial charge in [0, 0.05) is 25.2 Å². The van der Waals surface area contributed by atoms with Crippen molar-refractivity contribution in [3.05, 3.63) is 0 Å². The lowest BCUT2D eigenvalue weighted by Crippen LogP contribution is -2.42. The molecule has 1 fully saturated rings. The molecule has 0 aromatic carbocycles. The summed E-state index contributed by atoms with van der Waals surface area (Å²) in [6, 6.07) is 1.27. The Hall–Kier alpha value is -0.190. The van der Waals surface area contributed by atoms with E-state index in [1.165, 1.54) is 32.2 Å². The third-order valence-electron chi connectivity index (χ3n) is 3.76. The molecule has 1 unspecified atom stereocenters. The molecule has 0 radical (unpaired) electrons. The Bertz CT molecular complexity index is 243. The molecule has 1 heterocycles. The van der Waals surface area contributed by atoms with Gasteiger partial charge in [0.15, 0.2) is 0 Å². The molecule has 1 atom stereocenters. The first-order valence-corrected chi connectivity index (χ1v) is 7.14. The summed E-state index contributed by atoms with van der Waals surface area (Å²) >= 11 is 5.01. The number of nitrogens with two attached hydrogens (primary N) is 1. The van der Waals surface area contributed by atoms with Crippen LogP contribution in [0.5, 0.6) is 0 Å². The molecule has 0 aliphatic carbocycles. The van der Waals surface area contributed by atoms with Crippen LogP contribution in [0.1, 0.15) is 39.5 Å². The maximum atomic E-state index is 5.65. The third kappa shape index (κ3) is 5.32. The van der Waals surface area contributed by atoms with Crippen LogP contribution >= 0.6 is 12.2 Å². The van der Waals surface area contributed by atoms with E-state index in [-0.39, 0.29) is 0 Å². The number of rotatable bonds is 6. The van der Waals surface area contributed by atoms with Gasteiger partial charge in [-0.05, 0) is 46.7 Å². The second-order valence-corrected chi connectivity index (χ2v) is 5.97. The van der Waals surface area contributed by atoms with Gasteiger partial charge in [0.1, 0.15) is 0 Å². The molecule has 0 aromatic rings. The van der Waals surface area contributed by atoms with E-state index in [0.29, 0.717) is 11.0 Å². The van der Waals surface area contributed by atoms with Crippen molar-refractivity contribution >= 4 is 17.2 Å². The highest BCUT2D eigenvalue weighted by Crippen LogP contribution is 2.18. The van der Waals surface area contributed by atoms with Gasteiger partial charge in [-0.1, -0.05) is 18.6 Å². The van der Waals surface area contributed by atoms with Gasteiger partial charge in [0.2, 0.25) is 0 Å². The standard InChI is InChI=1S/C13H27N3S/c1-11(2)16(10-13(14)17)9-7-12-6-4-5-8-15(12)3/h11-12H,4-10H2,1-3H3,(H2,14,17). The third-order valence-corrected chi connectivity index (χ3v) is 3.89. The molecule has 100 valence electrons. The summed E-state index contributed by atoms with van der Waals surface area (Å²) in [7, 11) is 2.25. The van der Waals surface area contributed by atoms with E-state index in [9.17, 15) is 0 Å². The molecule has 4 heteroatoms. The van der Waals surface area contributed by atoms with Crippen LogP contribution in [-0.4, -0.2) is 53.6 Å². The Labute approximate surface area is 111 Å². The van der Waals surface area contributed by atoms with Crippen molar-refractivity contribution in [3.8, 4) is 0 Å². The van der Waals surface area contributed by atoms with Crippen LogP contribution in [0.4, 0.5) is 0 Å². The number of nitrogens with zero attached hydrogens (tertiary/aromatic N) is 2. The molecule has 0 saturated carbocycles. The quantitative estimate of drug-likeness (QED) is 0.736. The number of hydrogen-bond donors (Lipinski definition) is 1. The van der Waals surface area contributed by atoms with Gasteiger partial charge in [-0.25, -0.2) is 0 Å². The molecule has 1 aliphatic rings. The lowest BCUT2D eigenvalue weighted by Gasteiger charge is -2.35. The molecule has 1 saturated heterocycles. The first-order chi connectivity index (χ1) is 8.00. The van der Waals surface area contributed by atoms with Crippen molar-refractivity contribution < 1.29 is 0 Å². The van der Waals surface area contributed by atoms with Crippen LogP contribution in [0.15, 0.2) is 0 Å². The van der Waals surface area contributed by atoms with Crippen molar-refractivity contribution in [2.24, 2.45) is 5.73 Å². The van der Waals surface area contributed by atoms with Crippen LogP contribution in [0.3, 0.4) is 0 Å². The van der Waals surface area contributed by atoms with Crippen LogP contribution in [0, 0.1) is 0 Å². The fourth-order valence-corrected chi connectivity index (χ4v) is 2.71. The summed E-state index contributed by atoms with van der Waals surface area (Å²) in [5.74, 6) is 0. The van der Waals surface area contributed by atoms with Gasteiger partial charge in [-0.15, -0.1) is 0 Å². The zero-order valence-corrected chi connectivity index (χ0v) is 12.3. The molecule has 0 spiro atoms. The second kappa shape index (κ2) is 7.29. The van der Waals surface area contributed by atoms with Gasteiger partial charge in [-0.2, -0.15) is 0 Å². The van der Waals surface area contributed by atoms with Crippen molar-refractivity contribution in [2.75, 3.05) is 26.7 Å². The monoisotopic (exact) mass is 257 g/mol. The summed E-state index contributed by atoms with van der Waals surface area (Å²) in [5.41, 5.74) is 5.65. The minimum absolute atomic E-state index is 0.519. The van der Waals surface area contributed by atoms with E-state index in [1.807, 2.05) is 0 Å². The van der Waals surface area contributed by atoms with Crippen LogP contribution in [-0.2, 0) is 0 Å². The van der Waals surface area contributed by atoms with Crippen molar-refractivity contribution in [1.29, 1.82) is 0 Å². The zero-order valence-electron chi connectivity index (χ0n) is 11.5. The van der Waals surface area contributed by atoms with E-state index >= 15 is 0 Å². The highest BCUT2D eigenvalue weighted by Gasteiger charge is 2.20. The summed E-state index contributed by atoms with van der Waals surface area (Å²) < 4.78 is 0. The highest BCUT2D eigenvalue weighted by atomic mass is 32.1. The van der Waals surface area contributed by atoms with Crippen molar-refractivity contribution in [2.45, 2.75) is 51.6 Å². The number of thiocarbonyl (C=S) groups is 1. The molecule has 2 N–H and O–H groups in total. The Kier molecular flexibility index (Phi) is 6.38. The SMILES string of the molecule is CC(C)N(CCC1CCCCN1C)CC(N)=S. The average molecular weight is 257 g/mol. The second-order valence-electron chi connectivity index (χ2n) is 5.45. The number of piperidine rings is 1. The normalized spacial score (nSPS) is 22.3. The lowest BCUT2D eigenvalue weighted by molar-refractivity contribution is 0.149. The van der Waals surface area contributed by atoms with E-state index in [4.69, 9.17) is 18.0 Å². The maximum Gasteiger partial charge on any atom is 0.0870 e. The van der Waals surface area contributed by atoms with Crippen LogP contribution in [0.25, 0.3) is 0 Å². The predicted octanol–water partition coefficient (Wildman–Crippen LogP) is 1.86. The first kappa shape index (κ1) is 14.9. The molecule has 0 amide bonds. The summed E-state index contributed by atoms with van der Waals surface area (Å²) in [6.07, 6.45) is 5.31. The van der Waals surface area contributed by atoms with Gasteiger partial charge in [0.05, 0.1) is 4.99 Å². The topological polar surface area (TPSA) is 32.5 Å². The zero-order chi connectivity index (χ0) is 12.8. The fraction of sp³-hybridized carbons (Fsp3) is 0.923. The first-order valence-electron chi connectivity index (χ1n) is 6.73.